The first-order valence-corrected chi connectivity index (χ1v) is 11.6. The van der Waals surface area contributed by atoms with Gasteiger partial charge in [0.2, 0.25) is 0 Å². The number of benzene rings is 1. The topological polar surface area (TPSA) is 59.9 Å². The normalized spacial score (nSPS) is 16.7. The van der Waals surface area contributed by atoms with Crippen LogP contribution in [0.15, 0.2) is 52.8 Å². The van der Waals surface area contributed by atoms with Gasteiger partial charge in [-0.05, 0) is 55.8 Å². The van der Waals surface area contributed by atoms with E-state index >= 15 is 0 Å². The summed E-state index contributed by atoms with van der Waals surface area (Å²) in [6, 6.07) is 14.5. The summed E-state index contributed by atoms with van der Waals surface area (Å²) >= 11 is 1.85. The van der Waals surface area contributed by atoms with Crippen molar-refractivity contribution < 1.29 is 5.11 Å². The highest BCUT2D eigenvalue weighted by Gasteiger charge is 2.20. The van der Waals surface area contributed by atoms with E-state index in [0.717, 1.165) is 31.2 Å². The number of aliphatic hydroxyl groups excluding tert-OH is 1. The van der Waals surface area contributed by atoms with Crippen LogP contribution in [0.3, 0.4) is 0 Å². The Morgan fingerprint density at radius 2 is 1.93 bits per heavy atom. The van der Waals surface area contributed by atoms with E-state index in [0.29, 0.717) is 12.5 Å². The average Bonchev–Trinajstić information content (AvgIpc) is 3.27. The molecule has 0 bridgehead atoms. The molecule has 0 radical (unpaired) electrons. The lowest BCUT2D eigenvalue weighted by molar-refractivity contribution is 0.179. The Hall–Kier alpha value is -1.16. The maximum atomic E-state index is 9.76. The van der Waals surface area contributed by atoms with Crippen LogP contribution in [0, 0.1) is 5.92 Å². The first-order valence-electron chi connectivity index (χ1n) is 10.7. The quantitative estimate of drug-likeness (QED) is 0.256. The number of thiophene rings is 1. The zero-order valence-corrected chi connectivity index (χ0v) is 20.9. The fourth-order valence-electron chi connectivity index (χ4n) is 3.75. The molecule has 1 aliphatic rings. The zero-order chi connectivity index (χ0) is 20.3. The van der Waals surface area contributed by atoms with Gasteiger partial charge in [-0.1, -0.05) is 36.4 Å². The SMILES string of the molecule is CCNC(=NCC(CO)c1ccccc1)NCC1CCN(Cc2cccs2)CC1.I. The molecule has 0 spiro atoms. The molecule has 166 valence electrons. The van der Waals surface area contributed by atoms with Crippen molar-refractivity contribution in [3.8, 4) is 0 Å². The van der Waals surface area contributed by atoms with Gasteiger partial charge >= 0.3 is 0 Å². The molecule has 3 rings (SSSR count). The highest BCUT2D eigenvalue weighted by Crippen LogP contribution is 2.20. The molecule has 1 atom stereocenters. The number of hydrogen-bond acceptors (Lipinski definition) is 4. The van der Waals surface area contributed by atoms with Crippen molar-refractivity contribution in [1.29, 1.82) is 0 Å². The van der Waals surface area contributed by atoms with Crippen molar-refractivity contribution in [3.05, 3.63) is 58.3 Å². The maximum Gasteiger partial charge on any atom is 0.191 e. The third-order valence-electron chi connectivity index (χ3n) is 5.53. The van der Waals surface area contributed by atoms with E-state index in [2.05, 4.69) is 52.1 Å². The Labute approximate surface area is 202 Å². The molecule has 30 heavy (non-hydrogen) atoms. The van der Waals surface area contributed by atoms with Gasteiger partial charge in [-0.2, -0.15) is 0 Å². The Morgan fingerprint density at radius 1 is 1.17 bits per heavy atom. The molecular formula is C23H35IN4OS. The number of guanidine groups is 1. The summed E-state index contributed by atoms with van der Waals surface area (Å²) < 4.78 is 0. The number of hydrogen-bond donors (Lipinski definition) is 3. The van der Waals surface area contributed by atoms with E-state index in [1.165, 1.54) is 30.8 Å². The van der Waals surface area contributed by atoms with E-state index in [1.807, 2.05) is 29.5 Å². The molecule has 1 unspecified atom stereocenters. The maximum absolute atomic E-state index is 9.76. The molecule has 2 heterocycles. The van der Waals surface area contributed by atoms with Gasteiger partial charge in [0.25, 0.3) is 0 Å². The third-order valence-corrected chi connectivity index (χ3v) is 6.39. The van der Waals surface area contributed by atoms with Gasteiger partial charge in [-0.3, -0.25) is 9.89 Å². The van der Waals surface area contributed by atoms with Gasteiger partial charge in [-0.25, -0.2) is 0 Å². The van der Waals surface area contributed by atoms with Crippen LogP contribution in [-0.4, -0.2) is 55.3 Å². The number of piperidine rings is 1. The first-order chi connectivity index (χ1) is 14.3. The summed E-state index contributed by atoms with van der Waals surface area (Å²) in [5, 5.41) is 18.8. The van der Waals surface area contributed by atoms with E-state index in [9.17, 15) is 5.11 Å². The van der Waals surface area contributed by atoms with Crippen LogP contribution in [0.4, 0.5) is 0 Å². The van der Waals surface area contributed by atoms with Crippen LogP contribution in [0.2, 0.25) is 0 Å². The average molecular weight is 543 g/mol. The Bertz CT molecular complexity index is 718. The van der Waals surface area contributed by atoms with Crippen molar-refractivity contribution in [2.75, 3.05) is 39.3 Å². The highest BCUT2D eigenvalue weighted by molar-refractivity contribution is 14.0. The lowest BCUT2D eigenvalue weighted by Crippen LogP contribution is -2.43. The molecule has 2 aromatic rings. The fourth-order valence-corrected chi connectivity index (χ4v) is 4.50. The molecule has 5 nitrogen and oxygen atoms in total. The third kappa shape index (κ3) is 8.17. The smallest absolute Gasteiger partial charge is 0.191 e. The molecule has 3 N–H and O–H groups in total. The first kappa shape index (κ1) is 25.1. The van der Waals surface area contributed by atoms with Gasteiger partial charge in [0.15, 0.2) is 5.96 Å². The Morgan fingerprint density at radius 3 is 2.57 bits per heavy atom. The molecule has 0 amide bonds. The number of nitrogens with zero attached hydrogens (tertiary/aromatic N) is 2. The van der Waals surface area contributed by atoms with Crippen molar-refractivity contribution in [3.63, 3.8) is 0 Å². The predicted octanol–water partition coefficient (Wildman–Crippen LogP) is 3.91. The summed E-state index contributed by atoms with van der Waals surface area (Å²) in [6.45, 7) is 7.97. The van der Waals surface area contributed by atoms with E-state index < -0.39 is 0 Å². The van der Waals surface area contributed by atoms with Crippen LogP contribution in [-0.2, 0) is 6.54 Å². The minimum absolute atomic E-state index is 0. The second-order valence-corrected chi connectivity index (χ2v) is 8.72. The van der Waals surface area contributed by atoms with Crippen molar-refractivity contribution >= 4 is 41.3 Å². The summed E-state index contributed by atoms with van der Waals surface area (Å²) in [4.78, 5) is 8.76. The van der Waals surface area contributed by atoms with Crippen molar-refractivity contribution in [1.82, 2.24) is 15.5 Å². The number of halogens is 1. The number of likely N-dealkylation sites (tertiary alicyclic amines) is 1. The summed E-state index contributed by atoms with van der Waals surface area (Å²) in [6.07, 6.45) is 2.45. The molecule has 0 saturated carbocycles. The molecule has 0 aliphatic carbocycles. The van der Waals surface area contributed by atoms with Gasteiger partial charge in [0, 0.05) is 30.4 Å². The zero-order valence-electron chi connectivity index (χ0n) is 17.8. The Balaban J connectivity index is 0.00000320. The number of rotatable bonds is 9. The second-order valence-electron chi connectivity index (χ2n) is 7.69. The number of aliphatic hydroxyl groups is 1. The van der Waals surface area contributed by atoms with Crippen LogP contribution in [0.25, 0.3) is 0 Å². The molecular weight excluding hydrogens is 507 g/mol. The molecule has 7 heteroatoms. The summed E-state index contributed by atoms with van der Waals surface area (Å²) in [5.74, 6) is 1.57. The van der Waals surface area contributed by atoms with Crippen LogP contribution in [0.5, 0.6) is 0 Å². The standard InChI is InChI=1S/C23H34N4OS.HI/c1-2-24-23(26-16-21(18-28)20-7-4-3-5-8-20)25-15-19-10-12-27(13-11-19)17-22-9-6-14-29-22;/h3-9,14,19,21,28H,2,10-13,15-18H2,1H3,(H2,24,25,26);1H. The lowest BCUT2D eigenvalue weighted by Gasteiger charge is -2.32. The monoisotopic (exact) mass is 542 g/mol. The van der Waals surface area contributed by atoms with Crippen LogP contribution < -0.4 is 10.6 Å². The largest absolute Gasteiger partial charge is 0.396 e. The van der Waals surface area contributed by atoms with E-state index in [-0.39, 0.29) is 36.5 Å². The molecule has 1 aromatic heterocycles. The number of nitrogens with one attached hydrogen (secondary N) is 2. The molecule has 1 saturated heterocycles. The van der Waals surface area contributed by atoms with Crippen LogP contribution >= 0.6 is 35.3 Å². The summed E-state index contributed by atoms with van der Waals surface area (Å²) in [5.41, 5.74) is 1.13. The van der Waals surface area contributed by atoms with E-state index in [4.69, 9.17) is 4.99 Å². The lowest BCUT2D eigenvalue weighted by atomic mass is 9.97. The Kier molecular flexibility index (Phi) is 11.7. The van der Waals surface area contributed by atoms with Crippen LogP contribution in [0.1, 0.15) is 36.1 Å². The van der Waals surface area contributed by atoms with Gasteiger partial charge in [-0.15, -0.1) is 35.3 Å². The summed E-state index contributed by atoms with van der Waals surface area (Å²) in [7, 11) is 0. The molecule has 1 aliphatic heterocycles. The van der Waals surface area contributed by atoms with Crippen molar-refractivity contribution in [2.45, 2.75) is 32.2 Å². The minimum Gasteiger partial charge on any atom is -0.396 e. The van der Waals surface area contributed by atoms with Gasteiger partial charge < -0.3 is 15.7 Å². The van der Waals surface area contributed by atoms with Gasteiger partial charge in [0.1, 0.15) is 0 Å². The van der Waals surface area contributed by atoms with Gasteiger partial charge in [0.05, 0.1) is 13.2 Å². The van der Waals surface area contributed by atoms with E-state index in [1.54, 1.807) is 0 Å². The predicted molar refractivity (Wildman–Crippen MR) is 138 cm³/mol. The highest BCUT2D eigenvalue weighted by atomic mass is 127. The fraction of sp³-hybridized carbons (Fsp3) is 0.522. The van der Waals surface area contributed by atoms with Crippen molar-refractivity contribution in [2.24, 2.45) is 10.9 Å². The minimum atomic E-state index is 0. The number of aliphatic imine (C=N–C) groups is 1. The second kappa shape index (κ2) is 14.0. The molecule has 1 aromatic carbocycles. The molecule has 1 fully saturated rings.